The number of carbonyl (C=O) groups is 2. The van der Waals surface area contributed by atoms with Crippen molar-refractivity contribution in [2.24, 2.45) is 15.9 Å². The number of urea groups is 1. The fourth-order valence-electron chi connectivity index (χ4n) is 3.98. The first kappa shape index (κ1) is 16.9. The van der Waals surface area contributed by atoms with Crippen molar-refractivity contribution in [2.45, 2.75) is 64.3 Å². The lowest BCUT2D eigenvalue weighted by molar-refractivity contribution is -0.119. The first-order valence-corrected chi connectivity index (χ1v) is 9.45. The highest BCUT2D eigenvalue weighted by Crippen LogP contribution is 2.27. The van der Waals surface area contributed by atoms with E-state index in [1.807, 2.05) is 6.92 Å². The number of aryl methyl sites for hydroxylation is 1. The third kappa shape index (κ3) is 3.40. The van der Waals surface area contributed by atoms with Crippen LogP contribution in [-0.2, 0) is 4.79 Å². The summed E-state index contributed by atoms with van der Waals surface area (Å²) < 4.78 is 1.45. The van der Waals surface area contributed by atoms with Crippen LogP contribution >= 0.6 is 0 Å². The normalized spacial score (nSPS) is 23.3. The lowest BCUT2D eigenvalue weighted by atomic mass is 9.96. The summed E-state index contributed by atoms with van der Waals surface area (Å²) in [5.74, 6) is 0.391. The predicted octanol–water partition coefficient (Wildman–Crippen LogP) is 2.63. The van der Waals surface area contributed by atoms with Crippen LogP contribution in [0.25, 0.3) is 0 Å². The molecule has 8 heteroatoms. The third-order valence-corrected chi connectivity index (χ3v) is 5.28. The summed E-state index contributed by atoms with van der Waals surface area (Å²) in [5, 5.41) is 10.2. The maximum absolute atomic E-state index is 12.4. The second kappa shape index (κ2) is 7.01. The minimum atomic E-state index is -0.257. The molecule has 3 amide bonds. The minimum Gasteiger partial charge on any atom is -0.335 e. The van der Waals surface area contributed by atoms with Crippen molar-refractivity contribution >= 4 is 29.4 Å². The van der Waals surface area contributed by atoms with E-state index < -0.39 is 0 Å². The molecule has 1 unspecified atom stereocenters. The quantitative estimate of drug-likeness (QED) is 0.852. The Morgan fingerprint density at radius 2 is 1.96 bits per heavy atom. The second-order valence-corrected chi connectivity index (χ2v) is 7.31. The topological polar surface area (TPSA) is 101 Å². The van der Waals surface area contributed by atoms with Gasteiger partial charge in [0.25, 0.3) is 11.9 Å². The van der Waals surface area contributed by atoms with Gasteiger partial charge in [-0.1, -0.05) is 19.3 Å². The van der Waals surface area contributed by atoms with Gasteiger partial charge in [-0.2, -0.15) is 14.8 Å². The zero-order chi connectivity index (χ0) is 18.1. The van der Waals surface area contributed by atoms with Gasteiger partial charge in [-0.3, -0.25) is 10.1 Å². The number of amides is 3. The lowest BCUT2D eigenvalue weighted by Gasteiger charge is -2.23. The van der Waals surface area contributed by atoms with E-state index in [4.69, 9.17) is 0 Å². The number of aliphatic imine (C=N–C) groups is 2. The van der Waals surface area contributed by atoms with Crippen molar-refractivity contribution in [1.82, 2.24) is 15.1 Å². The van der Waals surface area contributed by atoms with Crippen LogP contribution in [0.2, 0.25) is 0 Å². The van der Waals surface area contributed by atoms with E-state index in [1.54, 1.807) is 6.07 Å². The number of hydrogen-bond acceptors (Lipinski definition) is 4. The van der Waals surface area contributed by atoms with E-state index >= 15 is 0 Å². The third-order valence-electron chi connectivity index (χ3n) is 5.28. The Kier molecular flexibility index (Phi) is 4.57. The average molecular weight is 356 g/mol. The molecule has 0 aromatic carbocycles. The van der Waals surface area contributed by atoms with Crippen LogP contribution in [-0.4, -0.2) is 39.4 Å². The second-order valence-electron chi connectivity index (χ2n) is 7.31. The summed E-state index contributed by atoms with van der Waals surface area (Å²) in [6.45, 7) is 1.83. The van der Waals surface area contributed by atoms with E-state index in [1.165, 1.54) is 11.1 Å². The summed E-state index contributed by atoms with van der Waals surface area (Å²) in [6, 6.07) is 1.72. The van der Waals surface area contributed by atoms with Crippen molar-refractivity contribution in [3.63, 3.8) is 0 Å². The van der Waals surface area contributed by atoms with Gasteiger partial charge in [-0.05, 0) is 39.0 Å². The molecule has 2 N–H and O–H groups in total. The number of rotatable bonds is 2. The van der Waals surface area contributed by atoms with Gasteiger partial charge >= 0.3 is 6.03 Å². The number of carbonyl (C=O) groups excluding carboxylic acids is 2. The molecule has 2 fully saturated rings. The van der Waals surface area contributed by atoms with E-state index in [-0.39, 0.29) is 29.9 Å². The smallest absolute Gasteiger partial charge is 0.320 e. The monoisotopic (exact) mass is 356 g/mol. The highest BCUT2D eigenvalue weighted by molar-refractivity contribution is 6.17. The molecular weight excluding hydrogens is 332 g/mol. The van der Waals surface area contributed by atoms with Crippen LogP contribution in [0.1, 0.15) is 57.1 Å². The van der Waals surface area contributed by atoms with Crippen molar-refractivity contribution in [2.75, 3.05) is 5.32 Å². The lowest BCUT2D eigenvalue weighted by Crippen LogP contribution is -2.39. The molecule has 4 rings (SSSR count). The zero-order valence-corrected chi connectivity index (χ0v) is 15.0. The molecule has 0 radical (unpaired) electrons. The average Bonchev–Trinajstić information content (AvgIpc) is 3.22. The molecule has 2 heterocycles. The molecule has 8 nitrogen and oxygen atoms in total. The van der Waals surface area contributed by atoms with E-state index in [0.29, 0.717) is 5.82 Å². The van der Waals surface area contributed by atoms with Gasteiger partial charge in [0, 0.05) is 17.8 Å². The van der Waals surface area contributed by atoms with Gasteiger partial charge in [0.15, 0.2) is 0 Å². The summed E-state index contributed by atoms with van der Waals surface area (Å²) in [4.78, 5) is 33.3. The number of nitrogens with one attached hydrogen (secondary N) is 2. The fraction of sp³-hybridized carbons (Fsp3) is 0.611. The Balaban J connectivity index is 1.51. The Morgan fingerprint density at radius 1 is 1.15 bits per heavy atom. The molecule has 26 heavy (non-hydrogen) atoms. The van der Waals surface area contributed by atoms with Crippen LogP contribution < -0.4 is 10.6 Å². The van der Waals surface area contributed by atoms with Gasteiger partial charge in [0.2, 0.25) is 0 Å². The number of nitrogens with zero attached hydrogens (tertiary/aromatic N) is 4. The molecule has 2 aliphatic carbocycles. The molecule has 1 aliphatic heterocycles. The zero-order valence-electron chi connectivity index (χ0n) is 15.0. The molecule has 138 valence electrons. The number of anilines is 1. The summed E-state index contributed by atoms with van der Waals surface area (Å²) >= 11 is 0. The molecule has 3 aliphatic rings. The molecular formula is C18H24N6O2. The van der Waals surface area contributed by atoms with Gasteiger partial charge in [-0.15, -0.1) is 0 Å². The van der Waals surface area contributed by atoms with Crippen LogP contribution in [0.15, 0.2) is 16.1 Å². The molecule has 0 spiro atoms. The van der Waals surface area contributed by atoms with E-state index in [0.717, 1.165) is 56.4 Å². The van der Waals surface area contributed by atoms with Crippen molar-refractivity contribution in [3.05, 3.63) is 11.8 Å². The summed E-state index contributed by atoms with van der Waals surface area (Å²) in [6.07, 6.45) is 8.18. The van der Waals surface area contributed by atoms with Gasteiger partial charge in [-0.25, -0.2) is 9.79 Å². The standard InChI is InChI=1S/C18H24N6O2/c1-11-10-15(21-18(26)19-12-6-3-2-4-7-12)24(23-11)17-20-14-9-5-8-13(14)16(25)22-17/h10,12-13H,2-9H2,1H3,(H2,19,21,26). The van der Waals surface area contributed by atoms with E-state index in [9.17, 15) is 9.59 Å². The molecule has 0 saturated heterocycles. The molecule has 2 saturated carbocycles. The fourth-order valence-corrected chi connectivity index (χ4v) is 3.98. The molecule has 1 aromatic rings. The van der Waals surface area contributed by atoms with Gasteiger partial charge in [0.05, 0.1) is 11.6 Å². The van der Waals surface area contributed by atoms with E-state index in [2.05, 4.69) is 25.7 Å². The van der Waals surface area contributed by atoms with Gasteiger partial charge in [0.1, 0.15) is 5.82 Å². The summed E-state index contributed by atoms with van der Waals surface area (Å²) in [7, 11) is 0. The number of hydrogen-bond donors (Lipinski definition) is 2. The van der Waals surface area contributed by atoms with Crippen LogP contribution in [0, 0.1) is 12.8 Å². The van der Waals surface area contributed by atoms with Crippen molar-refractivity contribution < 1.29 is 9.59 Å². The summed E-state index contributed by atoms with van der Waals surface area (Å²) in [5.41, 5.74) is 1.60. The minimum absolute atomic E-state index is 0.159. The Morgan fingerprint density at radius 3 is 2.77 bits per heavy atom. The van der Waals surface area contributed by atoms with Crippen LogP contribution in [0.4, 0.5) is 10.6 Å². The van der Waals surface area contributed by atoms with Crippen molar-refractivity contribution in [3.8, 4) is 0 Å². The molecule has 1 atom stereocenters. The number of aromatic nitrogens is 2. The largest absolute Gasteiger partial charge is 0.335 e. The molecule has 1 aromatic heterocycles. The SMILES string of the molecule is Cc1cc(NC(=O)NC2CCCCC2)n(C2=NC(=O)C3CCCC3=N2)n1. The van der Waals surface area contributed by atoms with Crippen molar-refractivity contribution in [1.29, 1.82) is 0 Å². The Labute approximate surface area is 152 Å². The highest BCUT2D eigenvalue weighted by atomic mass is 16.2. The Bertz CT molecular complexity index is 788. The first-order valence-electron chi connectivity index (χ1n) is 9.45. The predicted molar refractivity (Wildman–Crippen MR) is 98.6 cm³/mol. The molecule has 0 bridgehead atoms. The van der Waals surface area contributed by atoms with Crippen LogP contribution in [0.3, 0.4) is 0 Å². The number of fused-ring (bicyclic) bond motifs is 1. The Hall–Kier alpha value is -2.51. The van der Waals surface area contributed by atoms with Gasteiger partial charge < -0.3 is 5.32 Å². The van der Waals surface area contributed by atoms with Crippen LogP contribution in [0.5, 0.6) is 0 Å². The maximum Gasteiger partial charge on any atom is 0.320 e. The maximum atomic E-state index is 12.4. The first-order chi connectivity index (χ1) is 12.6. The highest BCUT2D eigenvalue weighted by Gasteiger charge is 2.33.